The molecule has 0 aromatic carbocycles. The second-order valence-corrected chi connectivity index (χ2v) is 5.87. The predicted octanol–water partition coefficient (Wildman–Crippen LogP) is 1.16. The van der Waals surface area contributed by atoms with E-state index in [0.717, 1.165) is 31.2 Å². The molecule has 2 N–H and O–H groups in total. The summed E-state index contributed by atoms with van der Waals surface area (Å²) in [5.74, 6) is -0.570. The Morgan fingerprint density at radius 2 is 2.22 bits per heavy atom. The van der Waals surface area contributed by atoms with Crippen LogP contribution in [0.5, 0.6) is 5.88 Å². The molecular formula is C16H20N2O5. The molecule has 0 aliphatic carbocycles. The SMILES string of the molecule is O=C(NC[C@H]1CCC[C@@H](C(=O)O)O1)c1cnc2c(c1)CCCO2. The van der Waals surface area contributed by atoms with Crippen LogP contribution in [0.4, 0.5) is 0 Å². The van der Waals surface area contributed by atoms with E-state index in [4.69, 9.17) is 14.6 Å². The molecule has 0 bridgehead atoms. The number of carbonyl (C=O) groups is 2. The second-order valence-electron chi connectivity index (χ2n) is 5.87. The van der Waals surface area contributed by atoms with Crippen molar-refractivity contribution < 1.29 is 24.2 Å². The van der Waals surface area contributed by atoms with Gasteiger partial charge in [0.2, 0.25) is 5.88 Å². The molecule has 0 saturated carbocycles. The Morgan fingerprint density at radius 3 is 3.04 bits per heavy atom. The lowest BCUT2D eigenvalue weighted by molar-refractivity contribution is -0.158. The number of aromatic nitrogens is 1. The van der Waals surface area contributed by atoms with Crippen molar-refractivity contribution in [3.63, 3.8) is 0 Å². The molecule has 124 valence electrons. The fourth-order valence-electron chi connectivity index (χ4n) is 2.90. The summed E-state index contributed by atoms with van der Waals surface area (Å²) in [6.07, 6.45) is 4.31. The van der Waals surface area contributed by atoms with Crippen LogP contribution in [-0.2, 0) is 16.0 Å². The van der Waals surface area contributed by atoms with E-state index < -0.39 is 12.1 Å². The number of carboxylic acid groups (broad SMARTS) is 1. The van der Waals surface area contributed by atoms with E-state index in [1.54, 1.807) is 6.07 Å². The zero-order valence-electron chi connectivity index (χ0n) is 12.8. The first kappa shape index (κ1) is 15.7. The minimum absolute atomic E-state index is 0.230. The van der Waals surface area contributed by atoms with E-state index in [-0.39, 0.29) is 12.0 Å². The summed E-state index contributed by atoms with van der Waals surface area (Å²) >= 11 is 0. The van der Waals surface area contributed by atoms with Gasteiger partial charge in [0.15, 0.2) is 6.10 Å². The van der Waals surface area contributed by atoms with Gasteiger partial charge in [-0.25, -0.2) is 9.78 Å². The number of rotatable bonds is 4. The van der Waals surface area contributed by atoms with Gasteiger partial charge in [0.05, 0.1) is 18.3 Å². The minimum Gasteiger partial charge on any atom is -0.479 e. The lowest BCUT2D eigenvalue weighted by Crippen LogP contribution is -2.40. The van der Waals surface area contributed by atoms with E-state index in [1.165, 1.54) is 6.20 Å². The Labute approximate surface area is 134 Å². The molecule has 0 spiro atoms. The number of aliphatic carboxylic acids is 1. The van der Waals surface area contributed by atoms with Crippen LogP contribution in [-0.4, -0.2) is 47.3 Å². The molecule has 2 aliphatic heterocycles. The highest BCUT2D eigenvalue weighted by molar-refractivity contribution is 5.94. The largest absolute Gasteiger partial charge is 0.479 e. The first-order valence-corrected chi connectivity index (χ1v) is 7.91. The molecule has 1 amide bonds. The molecule has 7 heteroatoms. The molecule has 0 radical (unpaired) electrons. The van der Waals surface area contributed by atoms with E-state index in [1.807, 2.05) is 0 Å². The van der Waals surface area contributed by atoms with Crippen LogP contribution in [0.25, 0.3) is 0 Å². The van der Waals surface area contributed by atoms with E-state index in [2.05, 4.69) is 10.3 Å². The minimum atomic E-state index is -0.945. The summed E-state index contributed by atoms with van der Waals surface area (Å²) in [5.41, 5.74) is 1.43. The van der Waals surface area contributed by atoms with Crippen LogP contribution >= 0.6 is 0 Å². The Kier molecular flexibility index (Phi) is 4.76. The molecule has 7 nitrogen and oxygen atoms in total. The third-order valence-corrected chi connectivity index (χ3v) is 4.13. The topological polar surface area (TPSA) is 97.8 Å². The van der Waals surface area contributed by atoms with Crippen molar-refractivity contribution in [1.82, 2.24) is 10.3 Å². The van der Waals surface area contributed by atoms with E-state index >= 15 is 0 Å². The average molecular weight is 320 g/mol. The highest BCUT2D eigenvalue weighted by atomic mass is 16.5. The van der Waals surface area contributed by atoms with Crippen molar-refractivity contribution in [3.05, 3.63) is 23.4 Å². The van der Waals surface area contributed by atoms with Crippen LogP contribution in [0, 0.1) is 0 Å². The standard InChI is InChI=1S/C16H20N2O5/c19-14(11-7-10-3-2-6-22-15(10)18-8-11)17-9-12-4-1-5-13(23-12)16(20)21/h7-8,12-13H,1-6,9H2,(H,17,19)(H,20,21)/t12-,13+/m1/s1. The Hall–Kier alpha value is -2.15. The maximum atomic E-state index is 12.2. The molecule has 1 aromatic rings. The van der Waals surface area contributed by atoms with Gasteiger partial charge in [0, 0.05) is 18.3 Å². The van der Waals surface area contributed by atoms with E-state index in [0.29, 0.717) is 31.0 Å². The molecule has 1 saturated heterocycles. The van der Waals surface area contributed by atoms with Gasteiger partial charge in [-0.1, -0.05) is 0 Å². The Morgan fingerprint density at radius 1 is 1.35 bits per heavy atom. The lowest BCUT2D eigenvalue weighted by atomic mass is 10.0. The summed E-state index contributed by atoms with van der Waals surface area (Å²) in [6, 6.07) is 1.80. The summed E-state index contributed by atoms with van der Waals surface area (Å²) in [5, 5.41) is 11.8. The lowest BCUT2D eigenvalue weighted by Gasteiger charge is -2.27. The number of fused-ring (bicyclic) bond motifs is 1. The number of amides is 1. The van der Waals surface area contributed by atoms with Crippen LogP contribution in [0.15, 0.2) is 12.3 Å². The third kappa shape index (κ3) is 3.79. The monoisotopic (exact) mass is 320 g/mol. The van der Waals surface area contributed by atoms with Gasteiger partial charge in [-0.15, -0.1) is 0 Å². The highest BCUT2D eigenvalue weighted by Crippen LogP contribution is 2.23. The predicted molar refractivity (Wildman–Crippen MR) is 80.5 cm³/mol. The van der Waals surface area contributed by atoms with Gasteiger partial charge in [-0.3, -0.25) is 4.79 Å². The molecule has 2 aliphatic rings. The summed E-state index contributed by atoms with van der Waals surface area (Å²) in [4.78, 5) is 27.4. The van der Waals surface area contributed by atoms with Gasteiger partial charge in [0.1, 0.15) is 0 Å². The molecule has 3 heterocycles. The highest BCUT2D eigenvalue weighted by Gasteiger charge is 2.27. The molecule has 3 rings (SSSR count). The number of carboxylic acids is 1. The van der Waals surface area contributed by atoms with Crippen LogP contribution < -0.4 is 10.1 Å². The van der Waals surface area contributed by atoms with Crippen molar-refractivity contribution in [3.8, 4) is 5.88 Å². The zero-order chi connectivity index (χ0) is 16.2. The van der Waals surface area contributed by atoms with Crippen molar-refractivity contribution in [2.24, 2.45) is 0 Å². The molecule has 1 aromatic heterocycles. The smallest absolute Gasteiger partial charge is 0.332 e. The number of hydrogen-bond donors (Lipinski definition) is 2. The zero-order valence-corrected chi connectivity index (χ0v) is 12.8. The quantitative estimate of drug-likeness (QED) is 0.864. The maximum Gasteiger partial charge on any atom is 0.332 e. The number of carbonyl (C=O) groups excluding carboxylic acids is 1. The first-order chi connectivity index (χ1) is 11.1. The maximum absolute atomic E-state index is 12.2. The van der Waals surface area contributed by atoms with Gasteiger partial charge in [-0.05, 0) is 38.2 Å². The number of nitrogens with zero attached hydrogens (tertiary/aromatic N) is 1. The summed E-state index contributed by atoms with van der Waals surface area (Å²) in [7, 11) is 0. The number of ether oxygens (including phenoxy) is 2. The van der Waals surface area contributed by atoms with Crippen molar-refractivity contribution >= 4 is 11.9 Å². The third-order valence-electron chi connectivity index (χ3n) is 4.13. The molecule has 0 unspecified atom stereocenters. The normalized spacial score (nSPS) is 23.5. The van der Waals surface area contributed by atoms with Gasteiger partial charge >= 0.3 is 5.97 Å². The molecular weight excluding hydrogens is 300 g/mol. The molecule has 23 heavy (non-hydrogen) atoms. The van der Waals surface area contributed by atoms with Crippen LogP contribution in [0.1, 0.15) is 41.6 Å². The molecule has 1 fully saturated rings. The summed E-state index contributed by atoms with van der Waals surface area (Å²) < 4.78 is 10.9. The number of aryl methyl sites for hydroxylation is 1. The van der Waals surface area contributed by atoms with E-state index in [9.17, 15) is 9.59 Å². The van der Waals surface area contributed by atoms with Gasteiger partial charge in [0.25, 0.3) is 5.91 Å². The average Bonchev–Trinajstić information content (AvgIpc) is 2.59. The fraction of sp³-hybridized carbons (Fsp3) is 0.562. The molecule has 2 atom stereocenters. The Bertz CT molecular complexity index is 604. The fourth-order valence-corrected chi connectivity index (χ4v) is 2.90. The van der Waals surface area contributed by atoms with Crippen molar-refractivity contribution in [1.29, 1.82) is 0 Å². The van der Waals surface area contributed by atoms with Crippen LogP contribution in [0.3, 0.4) is 0 Å². The second kappa shape index (κ2) is 6.95. The first-order valence-electron chi connectivity index (χ1n) is 7.91. The van der Waals surface area contributed by atoms with Crippen molar-refractivity contribution in [2.75, 3.05) is 13.2 Å². The van der Waals surface area contributed by atoms with Gasteiger partial charge < -0.3 is 19.9 Å². The van der Waals surface area contributed by atoms with Crippen molar-refractivity contribution in [2.45, 2.75) is 44.3 Å². The summed E-state index contributed by atoms with van der Waals surface area (Å²) in [6.45, 7) is 0.964. The van der Waals surface area contributed by atoms with Crippen LogP contribution in [0.2, 0.25) is 0 Å². The number of nitrogens with one attached hydrogen (secondary N) is 1. The van der Waals surface area contributed by atoms with Gasteiger partial charge in [-0.2, -0.15) is 0 Å². The number of pyridine rings is 1. The Balaban J connectivity index is 1.56. The number of hydrogen-bond acceptors (Lipinski definition) is 5.